The Balaban J connectivity index is 0.000000105. The van der Waals surface area contributed by atoms with Crippen molar-refractivity contribution in [3.8, 4) is 36.4 Å². The van der Waals surface area contributed by atoms with Gasteiger partial charge in [0.1, 0.15) is 0 Å². The molecule has 19 heteroatoms. The van der Waals surface area contributed by atoms with E-state index >= 15 is 0 Å². The fraction of sp³-hybridized carbons (Fsp3) is 0.876. The number of ether oxygens (including phenoxy) is 2. The third-order valence-electron chi connectivity index (χ3n) is 53.6. The van der Waals surface area contributed by atoms with E-state index in [2.05, 4.69) is 151 Å². The number of nitrogens with zero attached hydrogens (tertiary/aromatic N) is 6. The molecule has 0 amide bonds. The first-order valence-corrected chi connectivity index (χ1v) is 62.9. The second-order valence-electron chi connectivity index (χ2n) is 59.3. The molecule has 2 aliphatic heterocycles. The van der Waals surface area contributed by atoms with E-state index in [1.807, 2.05) is 6.92 Å². The molecule has 1 aromatic rings. The molecule has 0 bridgehead atoms. The third kappa shape index (κ3) is 17.8. The van der Waals surface area contributed by atoms with Gasteiger partial charge in [0.05, 0.1) is 144 Å². The van der Waals surface area contributed by atoms with E-state index in [1.54, 1.807) is 12.1 Å². The molecule has 0 unspecified atom stereocenters. The zero-order valence-electron chi connectivity index (χ0n) is 92.2. The van der Waals surface area contributed by atoms with Crippen molar-refractivity contribution < 1.29 is 53.6 Å². The number of aliphatic hydroxyl groups is 7. The second-order valence-corrected chi connectivity index (χ2v) is 61.8. The monoisotopic (exact) mass is 2070 g/mol. The average molecular weight is 2070 g/mol. The van der Waals surface area contributed by atoms with E-state index in [9.17, 15) is 75.7 Å². The van der Waals surface area contributed by atoms with Crippen LogP contribution in [0.15, 0.2) is 53.5 Å². The van der Waals surface area contributed by atoms with Gasteiger partial charge in [-0.1, -0.05) is 146 Å². The van der Waals surface area contributed by atoms with Crippen molar-refractivity contribution in [3.05, 3.63) is 54.1 Å². The SMILES string of the molecule is C.C[C@@H]1CC[C@@]2(C)[C@@H](CC[C@@H]3[C@@H]2[C@@H](O)C[C@]2(C)[C@@H](C#N)CC[C@@H]32)C1.C[C@]12CC=CC[C@@H]1CC[C@@H]1[C@@H]2[C@@H](O)C[C@]2(C)[C@@H](C#N)CC[C@@H]12.C[C@]12CCC=C[C@@H]1CC[C@@H]1[C@@H]2[C@@H](O)C[C@]2(C)[C@@H](C#N)CC[C@@H]12.C[C@]12CC[C@@H](O)C[C@@H]1CC[C@@H]1[C@@H]2[C@@H](O)C[C@]2(C)[C@@H](C#N)CC[C@@H]12.C[C@]12CC[C@H]3O[C@H]3[C@@H]1CC[C@@H]1[C@@H]2[C@@H](O)C[C@]2(C)[C@@H](C#N)CC[C@@H]12.C[C@]12C[C@H]3O[C@H]3C[C@@H]1CC[C@@H]1[C@@H]2[C@@H](O)C[C@]2(C)[C@@H](C#N)CC[C@@H]12.Cc1ccc(S(=O)(=O)Cl)cc1. The van der Waals surface area contributed by atoms with Crippen LogP contribution in [-0.4, -0.2) is 111 Å². The van der Waals surface area contributed by atoms with Gasteiger partial charge in [-0.3, -0.25) is 0 Å². The number of aryl methyl sites for hydroxylation is 1. The molecule has 1 aromatic carbocycles. The quantitative estimate of drug-likeness (QED) is 0.0780. The molecule has 0 radical (unpaired) electrons. The van der Waals surface area contributed by atoms with Crippen molar-refractivity contribution in [3.63, 3.8) is 0 Å². The largest absolute Gasteiger partial charge is 0.393 e. The Morgan fingerprint density at radius 1 is 0.324 bits per heavy atom. The van der Waals surface area contributed by atoms with E-state index in [-0.39, 0.29) is 150 Å². The Morgan fingerprint density at radius 3 is 1.08 bits per heavy atom. The van der Waals surface area contributed by atoms with Crippen LogP contribution >= 0.6 is 10.7 Å². The van der Waals surface area contributed by atoms with E-state index in [1.165, 1.54) is 185 Å². The van der Waals surface area contributed by atoms with Gasteiger partial charge in [-0.2, -0.15) is 31.6 Å². The number of hydrogen-bond acceptors (Lipinski definition) is 17. The van der Waals surface area contributed by atoms with Crippen molar-refractivity contribution in [2.75, 3.05) is 0 Å². The van der Waals surface area contributed by atoms with E-state index in [0.717, 1.165) is 138 Å². The number of epoxide rings is 2. The summed E-state index contributed by atoms with van der Waals surface area (Å²) in [6.45, 7) is 32.8. The average Bonchev–Trinajstić information content (AvgIpc) is 1.55. The molecule has 54 atom stereocenters. The van der Waals surface area contributed by atoms with Crippen LogP contribution in [0.3, 0.4) is 0 Å². The number of rotatable bonds is 1. The predicted molar refractivity (Wildman–Crippen MR) is 577 cm³/mol. The number of fused-ring (bicyclic) bond motifs is 33. The van der Waals surface area contributed by atoms with Gasteiger partial charge in [-0.05, 0) is 508 Å². The van der Waals surface area contributed by atoms with Gasteiger partial charge >= 0.3 is 0 Å². The molecule has 0 aromatic heterocycles. The maximum absolute atomic E-state index is 11.2. The molecular formula is C129H191ClN6O11S. The summed E-state index contributed by atoms with van der Waals surface area (Å²) in [6, 6.07) is 21.8. The van der Waals surface area contributed by atoms with Crippen LogP contribution in [0.2, 0.25) is 0 Å². The van der Waals surface area contributed by atoms with Gasteiger partial charge in [0.2, 0.25) is 0 Å². The minimum atomic E-state index is -3.55. The Kier molecular flexibility index (Phi) is 30.2. The lowest BCUT2D eigenvalue weighted by molar-refractivity contribution is -0.175. The lowest BCUT2D eigenvalue weighted by Crippen LogP contribution is -2.59. The molecule has 0 spiro atoms. The van der Waals surface area contributed by atoms with E-state index in [4.69, 9.17) is 20.2 Å². The Bertz CT molecular complexity index is 5220. The molecule has 2 saturated heterocycles. The predicted octanol–water partition coefficient (Wildman–Crippen LogP) is 26.5. The van der Waals surface area contributed by atoms with Crippen molar-refractivity contribution in [1.29, 1.82) is 31.6 Å². The lowest BCUT2D eigenvalue weighted by Gasteiger charge is -2.62. The number of halogens is 1. The summed E-state index contributed by atoms with van der Waals surface area (Å²) < 4.78 is 33.2. The van der Waals surface area contributed by atoms with E-state index in [0.29, 0.717) is 154 Å². The maximum Gasteiger partial charge on any atom is 0.261 e. The minimum absolute atomic E-state index is 0. The van der Waals surface area contributed by atoms with Crippen molar-refractivity contribution in [2.45, 2.75) is 459 Å². The highest BCUT2D eigenvalue weighted by atomic mass is 35.7. The fourth-order valence-corrected chi connectivity index (χ4v) is 47.0. The molecule has 24 fully saturated rings. The Morgan fingerprint density at radius 2 is 0.669 bits per heavy atom. The molecule has 816 valence electrons. The highest BCUT2D eigenvalue weighted by Gasteiger charge is 2.73. The molecule has 26 aliphatic rings. The summed E-state index contributed by atoms with van der Waals surface area (Å²) >= 11 is 0. The third-order valence-corrected chi connectivity index (χ3v) is 55.0. The van der Waals surface area contributed by atoms with Crippen LogP contribution in [0.1, 0.15) is 386 Å². The minimum Gasteiger partial charge on any atom is -0.393 e. The zero-order chi connectivity index (χ0) is 104. The lowest BCUT2D eigenvalue weighted by atomic mass is 9.43. The topological polar surface area (TPSA) is 344 Å². The summed E-state index contributed by atoms with van der Waals surface area (Å²) in [6.07, 6.45) is 60.3. The molecule has 148 heavy (non-hydrogen) atoms. The van der Waals surface area contributed by atoms with Crippen LogP contribution in [-0.2, 0) is 18.5 Å². The Hall–Kier alpha value is -4.48. The molecular weight excluding hydrogens is 1880 g/mol. The summed E-state index contributed by atoms with van der Waals surface area (Å²) in [5.74, 6) is 16.3. The molecule has 27 rings (SSSR count). The number of allylic oxidation sites excluding steroid dienone is 4. The van der Waals surface area contributed by atoms with Crippen molar-refractivity contribution >= 4 is 19.7 Å². The molecule has 22 saturated carbocycles. The van der Waals surface area contributed by atoms with Crippen LogP contribution in [0, 0.1) is 323 Å². The van der Waals surface area contributed by atoms with Gasteiger partial charge in [0, 0.05) is 10.7 Å². The molecule has 24 aliphatic carbocycles. The molecule has 17 nitrogen and oxygen atoms in total. The number of benzene rings is 1. The summed E-state index contributed by atoms with van der Waals surface area (Å²) in [4.78, 5) is 0.143. The maximum atomic E-state index is 11.2. The zero-order valence-corrected chi connectivity index (χ0v) is 93.8. The van der Waals surface area contributed by atoms with Gasteiger partial charge in [-0.25, -0.2) is 8.42 Å². The van der Waals surface area contributed by atoms with Crippen molar-refractivity contribution in [2.24, 2.45) is 248 Å². The number of hydrogen-bond donors (Lipinski definition) is 7. The molecule has 2 heterocycles. The van der Waals surface area contributed by atoms with Gasteiger partial charge in [-0.15, -0.1) is 0 Å². The van der Waals surface area contributed by atoms with Crippen LogP contribution in [0.5, 0.6) is 0 Å². The van der Waals surface area contributed by atoms with Gasteiger partial charge < -0.3 is 45.2 Å². The van der Waals surface area contributed by atoms with Crippen molar-refractivity contribution in [1.82, 2.24) is 0 Å². The normalized spacial score (nSPS) is 55.6. The summed E-state index contributed by atoms with van der Waals surface area (Å²) in [7, 11) is 1.54. The second kappa shape index (κ2) is 40.5. The van der Waals surface area contributed by atoms with Gasteiger partial charge in [0.15, 0.2) is 0 Å². The fourth-order valence-electron chi connectivity index (χ4n) is 46.2. The first-order chi connectivity index (χ1) is 69.8. The summed E-state index contributed by atoms with van der Waals surface area (Å²) in [5, 5.41) is 134. The smallest absolute Gasteiger partial charge is 0.261 e. The standard InChI is InChI=1S/C21H33NO.2C20H29NO2.C20H31NO2.2C20H29NO.C7H7ClO2S.CH4/c1-13-8-9-20(2)14(10-13)4-6-16-17-7-5-15(12-22)21(17,3)11-18(23)19(16)20;1-19-8-15(22)18-13(14(19)6-4-12(19)10-21)5-3-11-7-16-17(23-16)9-20(11,18)2;1-19-8-7-16-18(23-16)14(19)6-4-12-13-5-3-11(10-21)20(13,2)9-15(22)17(12)19;1-19-8-7-14(22)9-12(19)3-5-15-16-6-4-13(11-21)20(16,2)10-17(23)18(15)19;2*1-19-10-4-3-5-13(19)6-8-15-16-9-7-14(12-21)20(16,2)11-17(22)18(15)19;1-6-2-4-7(5-3-6)11(8,9)10;/h13-19,23H,4-11H2,1-3H3;2*11-18,22H,3-9H2,1-2H3;12-18,22-23H,3-10H2,1-2H3;3,5,13-18,22H,4,6-11H2,1-2H3;3-4,13-18,22H,5-11H2,1-2H3;2-5H,1H3;1H4/t13-,14+,15-,16+,17+,18+,19-,20+,21-;11-,12+,13-,14-,15-,16-,17+,18+,19+,20-;11-,12+,13+,14+,15+,16-,17-,18+,19+,20-;12-,13+,14+,15-,16-,17-,18+,19-,20+;2*13-,14-,15+,16+,17+,18-,19+,20-;;/m101011../s1. The van der Waals surface area contributed by atoms with Crippen LogP contribution in [0.25, 0.3) is 0 Å². The number of aliphatic hydroxyl groups excluding tert-OH is 7. The highest BCUT2D eigenvalue weighted by Crippen LogP contribution is 2.77. The van der Waals surface area contributed by atoms with Crippen LogP contribution in [0.4, 0.5) is 0 Å². The highest BCUT2D eigenvalue weighted by molar-refractivity contribution is 8.13. The number of nitriles is 6. The summed E-state index contributed by atoms with van der Waals surface area (Å²) in [5.41, 5.74) is 2.92. The first kappa shape index (κ1) is 110. The van der Waals surface area contributed by atoms with Gasteiger partial charge in [0.25, 0.3) is 9.05 Å². The molecule has 7 N–H and O–H groups in total. The first-order valence-electron chi connectivity index (χ1n) is 60.5. The van der Waals surface area contributed by atoms with Crippen LogP contribution < -0.4 is 0 Å². The van der Waals surface area contributed by atoms with E-state index < -0.39 is 9.05 Å². The Labute approximate surface area is 896 Å².